The first-order valence-electron chi connectivity index (χ1n) is 7.77. The zero-order chi connectivity index (χ0) is 17.7. The van der Waals surface area contributed by atoms with Crippen LogP contribution in [0.15, 0.2) is 38.8 Å². The molecule has 1 aliphatic heterocycles. The molecule has 8 heteroatoms. The van der Waals surface area contributed by atoms with E-state index in [-0.39, 0.29) is 11.1 Å². The molecule has 128 valence electrons. The molecule has 3 aromatic rings. The number of para-hydroxylation sites is 1. The van der Waals surface area contributed by atoms with Crippen molar-refractivity contribution in [2.45, 2.75) is 18.4 Å². The van der Waals surface area contributed by atoms with Gasteiger partial charge in [0.2, 0.25) is 0 Å². The van der Waals surface area contributed by atoms with Gasteiger partial charge in [0.25, 0.3) is 11.1 Å². The summed E-state index contributed by atoms with van der Waals surface area (Å²) in [7, 11) is 1.96. The zero-order valence-electron chi connectivity index (χ0n) is 13.8. The molecule has 1 aliphatic rings. The predicted molar refractivity (Wildman–Crippen MR) is 102 cm³/mol. The van der Waals surface area contributed by atoms with Gasteiger partial charge in [0.1, 0.15) is 14.2 Å². The molecule has 0 spiro atoms. The van der Waals surface area contributed by atoms with Crippen LogP contribution in [0.1, 0.15) is 6.92 Å². The van der Waals surface area contributed by atoms with Crippen LogP contribution in [-0.4, -0.2) is 21.8 Å². The van der Waals surface area contributed by atoms with Gasteiger partial charge in [-0.2, -0.15) is 0 Å². The lowest BCUT2D eigenvalue weighted by molar-refractivity contribution is 0.722. The van der Waals surface area contributed by atoms with E-state index in [1.807, 2.05) is 43.1 Å². The first kappa shape index (κ1) is 16.0. The first-order chi connectivity index (χ1) is 12.0. The molecule has 2 aromatic heterocycles. The van der Waals surface area contributed by atoms with Gasteiger partial charge in [0.15, 0.2) is 0 Å². The Balaban J connectivity index is 2.16. The smallest absolute Gasteiger partial charge is 0.274 e. The standard InChI is InChI=1S/C17H16N4O2S2/c1-4-21-15(23)13(25-16(21)12-9(2)18-19-14(12)22)17-20(3)10-7-5-6-8-11(10)24-17/h5-8,18H,2,4H2,1,3H3,(H,19,22)/b16-12?,17-13-. The van der Waals surface area contributed by atoms with Crippen LogP contribution < -0.4 is 25.9 Å². The predicted octanol–water partition coefficient (Wildman–Crippen LogP) is 0.951. The van der Waals surface area contributed by atoms with E-state index in [2.05, 4.69) is 16.8 Å². The van der Waals surface area contributed by atoms with E-state index in [1.54, 1.807) is 16.3 Å². The molecule has 25 heavy (non-hydrogen) atoms. The number of nitrogens with one attached hydrogen (secondary N) is 2. The second-order valence-electron chi connectivity index (χ2n) is 5.65. The number of benzene rings is 1. The van der Waals surface area contributed by atoms with Crippen molar-refractivity contribution >= 4 is 40.4 Å². The number of aromatic amines is 2. The van der Waals surface area contributed by atoms with Crippen molar-refractivity contribution in [1.82, 2.24) is 14.8 Å². The summed E-state index contributed by atoms with van der Waals surface area (Å²) in [4.78, 5) is 28.3. The Morgan fingerprint density at radius 1 is 1.20 bits per heavy atom. The highest BCUT2D eigenvalue weighted by Crippen LogP contribution is 2.44. The summed E-state index contributed by atoms with van der Waals surface area (Å²) < 4.78 is 2.91. The van der Waals surface area contributed by atoms with Crippen LogP contribution in [0.2, 0.25) is 0 Å². The molecule has 0 atom stereocenters. The summed E-state index contributed by atoms with van der Waals surface area (Å²) in [5, 5.41) is 7.07. The van der Waals surface area contributed by atoms with Gasteiger partial charge < -0.3 is 4.90 Å². The minimum absolute atomic E-state index is 0.0790. The lowest BCUT2D eigenvalue weighted by atomic mass is 10.3. The number of thiazole rings is 1. The highest BCUT2D eigenvalue weighted by molar-refractivity contribution is 8.08. The molecule has 0 unspecified atom stereocenters. The number of aromatic nitrogens is 3. The monoisotopic (exact) mass is 372 g/mol. The molecule has 0 bridgehead atoms. The summed E-state index contributed by atoms with van der Waals surface area (Å²) in [5.74, 6) is 0. The first-order valence-corrected chi connectivity index (χ1v) is 9.40. The van der Waals surface area contributed by atoms with Gasteiger partial charge in [-0.05, 0) is 19.1 Å². The summed E-state index contributed by atoms with van der Waals surface area (Å²) in [5.41, 5.74) is 0.739. The number of anilines is 1. The van der Waals surface area contributed by atoms with Gasteiger partial charge in [0, 0.05) is 18.5 Å². The maximum Gasteiger partial charge on any atom is 0.274 e. The molecule has 0 radical (unpaired) electrons. The number of rotatable bonds is 1. The third kappa shape index (κ3) is 2.32. The average molecular weight is 372 g/mol. The highest BCUT2D eigenvalue weighted by Gasteiger charge is 2.24. The lowest BCUT2D eigenvalue weighted by Gasteiger charge is -2.11. The van der Waals surface area contributed by atoms with Crippen molar-refractivity contribution in [3.05, 3.63) is 64.7 Å². The third-order valence-electron chi connectivity index (χ3n) is 4.20. The van der Waals surface area contributed by atoms with E-state index >= 15 is 0 Å². The molecule has 0 aliphatic carbocycles. The van der Waals surface area contributed by atoms with E-state index < -0.39 is 0 Å². The van der Waals surface area contributed by atoms with Crippen molar-refractivity contribution in [3.8, 4) is 0 Å². The molecule has 1 aromatic carbocycles. The minimum atomic E-state index is -0.263. The SMILES string of the molecule is C=c1[nH][nH]c(=O)c1=c1s/c(=C2\Sc3ccccc3N2C)c(=O)n1CC. The van der Waals surface area contributed by atoms with E-state index in [9.17, 15) is 9.59 Å². The van der Waals surface area contributed by atoms with Gasteiger partial charge in [0.05, 0.1) is 16.3 Å². The number of H-pyrrole nitrogens is 2. The van der Waals surface area contributed by atoms with Crippen LogP contribution in [0.3, 0.4) is 0 Å². The minimum Gasteiger partial charge on any atom is -0.337 e. The van der Waals surface area contributed by atoms with Crippen molar-refractivity contribution in [2.24, 2.45) is 0 Å². The fraction of sp³-hybridized carbons (Fsp3) is 0.176. The Morgan fingerprint density at radius 3 is 2.60 bits per heavy atom. The average Bonchev–Trinajstić information content (AvgIpc) is 3.22. The van der Waals surface area contributed by atoms with Crippen LogP contribution in [-0.2, 0) is 6.54 Å². The summed E-state index contributed by atoms with van der Waals surface area (Å²) >= 11 is 2.92. The summed E-state index contributed by atoms with van der Waals surface area (Å²) in [6.45, 7) is 6.25. The Labute approximate surface area is 150 Å². The molecule has 6 nitrogen and oxygen atoms in total. The fourth-order valence-electron chi connectivity index (χ4n) is 2.94. The van der Waals surface area contributed by atoms with Crippen molar-refractivity contribution < 1.29 is 0 Å². The fourth-order valence-corrected chi connectivity index (χ4v) is 5.53. The molecule has 4 rings (SSSR count). The zero-order valence-corrected chi connectivity index (χ0v) is 15.4. The number of hydrogen-bond donors (Lipinski definition) is 2. The van der Waals surface area contributed by atoms with Gasteiger partial charge in [-0.25, -0.2) is 0 Å². The van der Waals surface area contributed by atoms with Crippen molar-refractivity contribution in [2.75, 3.05) is 11.9 Å². The Kier molecular flexibility index (Phi) is 3.73. The largest absolute Gasteiger partial charge is 0.337 e. The maximum absolute atomic E-state index is 13.0. The molecule has 0 saturated carbocycles. The molecule has 0 fully saturated rings. The van der Waals surface area contributed by atoms with Crippen LogP contribution >= 0.6 is 23.1 Å². The summed E-state index contributed by atoms with van der Waals surface area (Å²) in [6.07, 6.45) is 0. The molecule has 2 N–H and O–H groups in total. The topological polar surface area (TPSA) is 73.9 Å². The van der Waals surface area contributed by atoms with Crippen LogP contribution in [0.4, 0.5) is 5.69 Å². The second kappa shape index (κ2) is 5.82. The van der Waals surface area contributed by atoms with E-state index in [4.69, 9.17) is 0 Å². The maximum atomic E-state index is 13.0. The Hall–Kier alpha value is -2.45. The number of hydrogen-bond acceptors (Lipinski definition) is 5. The van der Waals surface area contributed by atoms with Gasteiger partial charge in [-0.15, -0.1) is 11.3 Å². The van der Waals surface area contributed by atoms with Crippen LogP contribution in [0, 0.1) is 9.88 Å². The van der Waals surface area contributed by atoms with Gasteiger partial charge in [-0.3, -0.25) is 24.4 Å². The molecule has 0 saturated heterocycles. The van der Waals surface area contributed by atoms with Crippen molar-refractivity contribution in [3.63, 3.8) is 0 Å². The van der Waals surface area contributed by atoms with E-state index in [0.717, 1.165) is 15.6 Å². The number of thioether (sulfide) groups is 1. The molecular weight excluding hydrogens is 356 g/mol. The number of fused-ring (bicyclic) bond motifs is 1. The quantitative estimate of drug-likeness (QED) is 0.667. The highest BCUT2D eigenvalue weighted by atomic mass is 32.2. The van der Waals surface area contributed by atoms with Crippen LogP contribution in [0.25, 0.3) is 11.6 Å². The number of nitrogens with zero attached hydrogens (tertiary/aromatic N) is 2. The normalized spacial score (nSPS) is 17.1. The third-order valence-corrected chi connectivity index (χ3v) is 6.76. The van der Waals surface area contributed by atoms with E-state index in [1.165, 1.54) is 11.3 Å². The van der Waals surface area contributed by atoms with Crippen molar-refractivity contribution in [1.29, 1.82) is 0 Å². The van der Waals surface area contributed by atoms with Gasteiger partial charge in [-0.1, -0.05) is 30.5 Å². The Morgan fingerprint density at radius 2 is 1.96 bits per heavy atom. The van der Waals surface area contributed by atoms with E-state index in [0.29, 0.717) is 26.3 Å². The second-order valence-corrected chi connectivity index (χ2v) is 7.68. The molecule has 3 heterocycles. The molecular formula is C17H16N4O2S2. The summed E-state index contributed by atoms with van der Waals surface area (Å²) in [6, 6.07) is 8.05. The Bertz CT molecular complexity index is 1270. The molecule has 0 amide bonds. The lowest BCUT2D eigenvalue weighted by Crippen LogP contribution is -2.31. The van der Waals surface area contributed by atoms with Crippen LogP contribution in [0.5, 0.6) is 0 Å². The van der Waals surface area contributed by atoms with Gasteiger partial charge >= 0.3 is 0 Å².